The van der Waals surface area contributed by atoms with Gasteiger partial charge in [-0.1, -0.05) is 30.3 Å². The zero-order valence-electron chi connectivity index (χ0n) is 20.6. The summed E-state index contributed by atoms with van der Waals surface area (Å²) >= 11 is 0. The number of urea groups is 1. The Morgan fingerprint density at radius 3 is 2.00 bits per heavy atom. The van der Waals surface area contributed by atoms with Gasteiger partial charge < -0.3 is 15.1 Å². The number of aromatic nitrogens is 2. The number of hydrogen-bond donors (Lipinski definition) is 1. The molecule has 2 heterocycles. The Labute approximate surface area is 215 Å². The van der Waals surface area contributed by atoms with Crippen LogP contribution < -0.4 is 10.2 Å². The van der Waals surface area contributed by atoms with Crippen LogP contribution in [0.1, 0.15) is 33.8 Å². The number of carbonyl (C=O) groups is 1. The van der Waals surface area contributed by atoms with Crippen molar-refractivity contribution in [1.82, 2.24) is 14.9 Å². The quantitative estimate of drug-likeness (QED) is 0.410. The van der Waals surface area contributed by atoms with Crippen molar-refractivity contribution in [3.8, 4) is 0 Å². The standard InChI is InChI=1S/C26H25F6N5O/c1-16-22(12-18-6-4-3-5-7-18)23(34-17(2)33-16)36-8-10-37(11-9-36)24(38)35-21-14-19(25(27,28)29)13-20(15-21)26(30,31)32/h3-7,13-15H,8-12H2,1-2H3,(H,35,38). The van der Waals surface area contributed by atoms with Crippen LogP contribution in [0, 0.1) is 13.8 Å². The summed E-state index contributed by atoms with van der Waals surface area (Å²) in [5.41, 5.74) is -0.695. The van der Waals surface area contributed by atoms with Gasteiger partial charge in [0.05, 0.1) is 11.1 Å². The van der Waals surface area contributed by atoms with Crippen molar-refractivity contribution in [3.05, 3.63) is 82.3 Å². The van der Waals surface area contributed by atoms with Crippen molar-refractivity contribution in [1.29, 1.82) is 0 Å². The third-order valence-corrected chi connectivity index (χ3v) is 6.23. The molecule has 1 fully saturated rings. The van der Waals surface area contributed by atoms with Crippen LogP contribution in [0.5, 0.6) is 0 Å². The molecule has 1 saturated heterocycles. The summed E-state index contributed by atoms with van der Waals surface area (Å²) in [6.45, 7) is 4.85. The van der Waals surface area contributed by atoms with Crippen molar-refractivity contribution in [2.24, 2.45) is 0 Å². The van der Waals surface area contributed by atoms with Gasteiger partial charge in [-0.2, -0.15) is 26.3 Å². The topological polar surface area (TPSA) is 61.4 Å². The lowest BCUT2D eigenvalue weighted by Crippen LogP contribution is -2.50. The van der Waals surface area contributed by atoms with Crippen LogP contribution in [0.15, 0.2) is 48.5 Å². The molecule has 0 saturated carbocycles. The number of anilines is 2. The van der Waals surface area contributed by atoms with Crippen molar-refractivity contribution < 1.29 is 31.1 Å². The number of carbonyl (C=O) groups excluding carboxylic acids is 1. The van der Waals surface area contributed by atoms with Crippen molar-refractivity contribution in [3.63, 3.8) is 0 Å². The van der Waals surface area contributed by atoms with Crippen LogP contribution in [-0.2, 0) is 18.8 Å². The third kappa shape index (κ3) is 6.35. The van der Waals surface area contributed by atoms with E-state index in [9.17, 15) is 31.1 Å². The van der Waals surface area contributed by atoms with Gasteiger partial charge in [-0.3, -0.25) is 0 Å². The van der Waals surface area contributed by atoms with Gasteiger partial charge in [-0.25, -0.2) is 14.8 Å². The molecule has 202 valence electrons. The van der Waals surface area contributed by atoms with Gasteiger partial charge in [0.15, 0.2) is 0 Å². The molecular formula is C26H25F6N5O. The minimum absolute atomic E-state index is 0.0210. The molecule has 1 N–H and O–H groups in total. The smallest absolute Gasteiger partial charge is 0.353 e. The maximum absolute atomic E-state index is 13.2. The molecule has 0 bridgehead atoms. The van der Waals surface area contributed by atoms with Gasteiger partial charge in [0.25, 0.3) is 0 Å². The van der Waals surface area contributed by atoms with Gasteiger partial charge >= 0.3 is 18.4 Å². The summed E-state index contributed by atoms with van der Waals surface area (Å²) in [6.07, 6.45) is -9.39. The maximum atomic E-state index is 13.2. The average molecular weight is 538 g/mol. The van der Waals surface area contributed by atoms with Crippen LogP contribution in [0.25, 0.3) is 0 Å². The summed E-state index contributed by atoms with van der Waals surface area (Å²) in [4.78, 5) is 25.2. The summed E-state index contributed by atoms with van der Waals surface area (Å²) < 4.78 is 78.9. The Morgan fingerprint density at radius 1 is 0.868 bits per heavy atom. The highest BCUT2D eigenvalue weighted by atomic mass is 19.4. The lowest BCUT2D eigenvalue weighted by atomic mass is 10.0. The van der Waals surface area contributed by atoms with Crippen LogP contribution in [0.2, 0.25) is 0 Å². The summed E-state index contributed by atoms with van der Waals surface area (Å²) in [5, 5.41) is 2.20. The van der Waals surface area contributed by atoms with Gasteiger partial charge in [-0.15, -0.1) is 0 Å². The fraction of sp³-hybridized carbons (Fsp3) is 0.346. The van der Waals surface area contributed by atoms with Gasteiger partial charge in [-0.05, 0) is 37.6 Å². The molecule has 1 aliphatic rings. The van der Waals surface area contributed by atoms with E-state index in [4.69, 9.17) is 0 Å². The van der Waals surface area contributed by atoms with E-state index in [0.29, 0.717) is 37.5 Å². The number of aryl methyl sites for hydroxylation is 2. The number of hydrogen-bond acceptors (Lipinski definition) is 4. The second kappa shape index (κ2) is 10.5. The Morgan fingerprint density at radius 2 is 1.45 bits per heavy atom. The van der Waals surface area contributed by atoms with Gasteiger partial charge in [0.2, 0.25) is 0 Å². The van der Waals surface area contributed by atoms with E-state index in [1.807, 2.05) is 42.2 Å². The Kier molecular flexibility index (Phi) is 7.52. The number of halogens is 6. The van der Waals surface area contributed by atoms with Gasteiger partial charge in [0.1, 0.15) is 11.6 Å². The average Bonchev–Trinajstić information content (AvgIpc) is 2.85. The van der Waals surface area contributed by atoms with E-state index in [1.165, 1.54) is 4.90 Å². The predicted molar refractivity (Wildman–Crippen MR) is 130 cm³/mol. The molecule has 1 aliphatic heterocycles. The van der Waals surface area contributed by atoms with Crippen molar-refractivity contribution >= 4 is 17.5 Å². The lowest BCUT2D eigenvalue weighted by molar-refractivity contribution is -0.143. The van der Waals surface area contributed by atoms with E-state index in [-0.39, 0.29) is 19.2 Å². The van der Waals surface area contributed by atoms with Crippen molar-refractivity contribution in [2.75, 3.05) is 36.4 Å². The minimum atomic E-state index is -5.00. The predicted octanol–water partition coefficient (Wildman–Crippen LogP) is 6.08. The molecule has 3 aromatic rings. The van der Waals surface area contributed by atoms with Crippen LogP contribution in [0.3, 0.4) is 0 Å². The molecule has 2 aromatic carbocycles. The van der Waals surface area contributed by atoms with Crippen LogP contribution in [-0.4, -0.2) is 47.1 Å². The molecule has 6 nitrogen and oxygen atoms in total. The first kappa shape index (κ1) is 27.2. The normalized spacial score (nSPS) is 14.5. The molecule has 0 unspecified atom stereocenters. The second-order valence-electron chi connectivity index (χ2n) is 9.02. The fourth-order valence-corrected chi connectivity index (χ4v) is 4.34. The third-order valence-electron chi connectivity index (χ3n) is 6.23. The molecule has 0 spiro atoms. The monoisotopic (exact) mass is 537 g/mol. The van der Waals surface area contributed by atoms with Crippen molar-refractivity contribution in [2.45, 2.75) is 32.6 Å². The number of nitrogens with zero attached hydrogens (tertiary/aromatic N) is 4. The lowest BCUT2D eigenvalue weighted by Gasteiger charge is -2.36. The molecule has 4 rings (SSSR count). The molecule has 0 radical (unpaired) electrons. The summed E-state index contributed by atoms with van der Waals surface area (Å²) in [6, 6.07) is 10.0. The molecular weight excluding hydrogens is 512 g/mol. The maximum Gasteiger partial charge on any atom is 0.416 e. The molecule has 0 atom stereocenters. The Hall–Kier alpha value is -3.83. The fourth-order valence-electron chi connectivity index (χ4n) is 4.34. The van der Waals surface area contributed by atoms with E-state index < -0.39 is 35.2 Å². The van der Waals surface area contributed by atoms with Gasteiger partial charge in [0, 0.05) is 49.5 Å². The first-order valence-corrected chi connectivity index (χ1v) is 11.8. The molecule has 0 aliphatic carbocycles. The van der Waals surface area contributed by atoms with Crippen LogP contribution in [0.4, 0.5) is 42.6 Å². The Bertz CT molecular complexity index is 1270. The minimum Gasteiger partial charge on any atom is -0.353 e. The number of rotatable bonds is 4. The highest BCUT2D eigenvalue weighted by molar-refractivity contribution is 5.89. The Balaban J connectivity index is 1.49. The second-order valence-corrected chi connectivity index (χ2v) is 9.02. The first-order chi connectivity index (χ1) is 17.8. The largest absolute Gasteiger partial charge is 0.416 e. The number of piperazine rings is 1. The first-order valence-electron chi connectivity index (χ1n) is 11.8. The van der Waals surface area contributed by atoms with Crippen LogP contribution >= 0.6 is 0 Å². The molecule has 12 heteroatoms. The summed E-state index contributed by atoms with van der Waals surface area (Å²) in [5.74, 6) is 1.34. The number of nitrogens with one attached hydrogen (secondary N) is 1. The SMILES string of the molecule is Cc1nc(C)c(Cc2ccccc2)c(N2CCN(C(=O)Nc3cc(C(F)(F)F)cc(C(F)(F)F)c3)CC2)n1. The van der Waals surface area contributed by atoms with E-state index in [2.05, 4.69) is 15.3 Å². The van der Waals surface area contributed by atoms with E-state index >= 15 is 0 Å². The number of alkyl halides is 6. The number of amides is 2. The molecule has 2 amide bonds. The zero-order valence-corrected chi connectivity index (χ0v) is 20.6. The highest BCUT2D eigenvalue weighted by Crippen LogP contribution is 2.37. The molecule has 38 heavy (non-hydrogen) atoms. The van der Waals surface area contributed by atoms with E-state index in [1.54, 1.807) is 6.92 Å². The molecule has 1 aromatic heterocycles. The highest BCUT2D eigenvalue weighted by Gasteiger charge is 2.37. The zero-order chi connectivity index (χ0) is 27.7. The van der Waals surface area contributed by atoms with E-state index in [0.717, 1.165) is 22.6 Å². The summed E-state index contributed by atoms with van der Waals surface area (Å²) in [7, 11) is 0. The number of benzene rings is 2.